The van der Waals surface area contributed by atoms with Crippen molar-refractivity contribution in [1.82, 2.24) is 5.32 Å². The van der Waals surface area contributed by atoms with Gasteiger partial charge in [0, 0.05) is 0 Å². The number of unbranched alkanes of at least 4 members (excludes halogenated alkanes) is 3. The average molecular weight is 147 g/mol. The van der Waals surface area contributed by atoms with Gasteiger partial charge in [-0.15, -0.1) is 0 Å². The maximum atomic E-state index is 4.13. The lowest BCUT2D eigenvalue weighted by Gasteiger charge is -1.97. The van der Waals surface area contributed by atoms with Gasteiger partial charge in [-0.25, -0.2) is 0 Å². The van der Waals surface area contributed by atoms with Gasteiger partial charge in [-0.1, -0.05) is 12.8 Å². The standard InChI is InChI=1S/C7H17NS/c1-8-6-4-2-3-5-7-9/h8-9H,2-7H2,1H3. The van der Waals surface area contributed by atoms with Crippen LogP contribution in [0.2, 0.25) is 0 Å². The van der Waals surface area contributed by atoms with Crippen molar-refractivity contribution in [2.24, 2.45) is 0 Å². The fraction of sp³-hybridized carbons (Fsp3) is 1.00. The summed E-state index contributed by atoms with van der Waals surface area (Å²) in [6, 6.07) is 0. The van der Waals surface area contributed by atoms with Gasteiger partial charge in [0.2, 0.25) is 0 Å². The van der Waals surface area contributed by atoms with Crippen LogP contribution in [0.25, 0.3) is 0 Å². The van der Waals surface area contributed by atoms with Crippen LogP contribution in [0.5, 0.6) is 0 Å². The lowest BCUT2D eigenvalue weighted by molar-refractivity contribution is 0.637. The zero-order valence-electron chi connectivity index (χ0n) is 6.19. The Morgan fingerprint density at radius 3 is 2.33 bits per heavy atom. The number of nitrogens with one attached hydrogen (secondary N) is 1. The molecule has 0 heterocycles. The van der Waals surface area contributed by atoms with E-state index in [0.717, 1.165) is 12.3 Å². The first kappa shape index (κ1) is 9.31. The van der Waals surface area contributed by atoms with Crippen LogP contribution in [0.3, 0.4) is 0 Å². The van der Waals surface area contributed by atoms with Crippen LogP contribution in [-0.4, -0.2) is 19.3 Å². The second-order valence-electron chi connectivity index (χ2n) is 2.24. The average Bonchev–Trinajstić information content (AvgIpc) is 1.89. The molecule has 0 aliphatic heterocycles. The highest BCUT2D eigenvalue weighted by Crippen LogP contribution is 1.98. The number of hydrogen-bond donors (Lipinski definition) is 2. The monoisotopic (exact) mass is 147 g/mol. The first-order valence-electron chi connectivity index (χ1n) is 3.67. The van der Waals surface area contributed by atoms with Gasteiger partial charge < -0.3 is 5.32 Å². The maximum absolute atomic E-state index is 4.13. The number of hydrogen-bond acceptors (Lipinski definition) is 2. The Labute approximate surface area is 63.6 Å². The van der Waals surface area contributed by atoms with Crippen molar-refractivity contribution in [3.05, 3.63) is 0 Å². The molecule has 0 saturated carbocycles. The molecular formula is C7H17NS. The molecule has 0 amide bonds. The molecule has 0 rings (SSSR count). The van der Waals surface area contributed by atoms with Crippen LogP contribution in [-0.2, 0) is 0 Å². The summed E-state index contributed by atoms with van der Waals surface area (Å²) in [6.07, 6.45) is 5.27. The summed E-state index contributed by atoms with van der Waals surface area (Å²) < 4.78 is 0. The Bertz CT molecular complexity index is 42.2. The van der Waals surface area contributed by atoms with E-state index in [9.17, 15) is 0 Å². The van der Waals surface area contributed by atoms with Gasteiger partial charge in [0.05, 0.1) is 0 Å². The normalized spacial score (nSPS) is 10.0. The molecule has 0 spiro atoms. The second-order valence-corrected chi connectivity index (χ2v) is 2.69. The van der Waals surface area contributed by atoms with Crippen LogP contribution in [0.15, 0.2) is 0 Å². The molecule has 0 saturated heterocycles. The molecule has 0 aromatic rings. The van der Waals surface area contributed by atoms with Gasteiger partial charge in [0.1, 0.15) is 0 Å². The van der Waals surface area contributed by atoms with Crippen LogP contribution in [0, 0.1) is 0 Å². The van der Waals surface area contributed by atoms with Crippen LogP contribution in [0.4, 0.5) is 0 Å². The van der Waals surface area contributed by atoms with E-state index in [2.05, 4.69) is 17.9 Å². The molecule has 1 nitrogen and oxygen atoms in total. The summed E-state index contributed by atoms with van der Waals surface area (Å²) in [7, 11) is 2.00. The zero-order chi connectivity index (χ0) is 6.95. The number of rotatable bonds is 6. The molecule has 56 valence electrons. The van der Waals surface area contributed by atoms with Crippen molar-refractivity contribution in [2.45, 2.75) is 25.7 Å². The Kier molecular flexibility index (Phi) is 8.60. The summed E-state index contributed by atoms with van der Waals surface area (Å²) in [6.45, 7) is 1.16. The Morgan fingerprint density at radius 1 is 1.11 bits per heavy atom. The molecule has 0 fully saturated rings. The van der Waals surface area contributed by atoms with Crippen LogP contribution in [0.1, 0.15) is 25.7 Å². The Balaban J connectivity index is 2.60. The summed E-state index contributed by atoms with van der Waals surface area (Å²) in [5.74, 6) is 1.04. The third-order valence-corrected chi connectivity index (χ3v) is 1.65. The molecule has 9 heavy (non-hydrogen) atoms. The lowest BCUT2D eigenvalue weighted by atomic mass is 10.2. The Morgan fingerprint density at radius 2 is 1.78 bits per heavy atom. The van der Waals surface area contributed by atoms with Gasteiger partial charge in [0.25, 0.3) is 0 Å². The molecule has 0 aromatic heterocycles. The zero-order valence-corrected chi connectivity index (χ0v) is 7.08. The second kappa shape index (κ2) is 8.31. The van der Waals surface area contributed by atoms with E-state index < -0.39 is 0 Å². The van der Waals surface area contributed by atoms with E-state index >= 15 is 0 Å². The lowest BCUT2D eigenvalue weighted by Crippen LogP contribution is -2.06. The SMILES string of the molecule is CNCCCCCCS. The van der Waals surface area contributed by atoms with Gasteiger partial charge >= 0.3 is 0 Å². The third-order valence-electron chi connectivity index (χ3n) is 1.33. The highest BCUT2D eigenvalue weighted by atomic mass is 32.1. The van der Waals surface area contributed by atoms with E-state index in [1.807, 2.05) is 7.05 Å². The topological polar surface area (TPSA) is 12.0 Å². The van der Waals surface area contributed by atoms with E-state index in [4.69, 9.17) is 0 Å². The quantitative estimate of drug-likeness (QED) is 0.430. The molecule has 2 heteroatoms. The molecule has 0 aromatic carbocycles. The van der Waals surface area contributed by atoms with Crippen molar-refractivity contribution >= 4 is 12.6 Å². The minimum absolute atomic E-state index is 1.04. The molecule has 0 atom stereocenters. The highest BCUT2D eigenvalue weighted by molar-refractivity contribution is 7.80. The molecule has 0 unspecified atom stereocenters. The van der Waals surface area contributed by atoms with Crippen molar-refractivity contribution < 1.29 is 0 Å². The van der Waals surface area contributed by atoms with Crippen molar-refractivity contribution in [1.29, 1.82) is 0 Å². The van der Waals surface area contributed by atoms with E-state index in [1.54, 1.807) is 0 Å². The largest absolute Gasteiger partial charge is 0.320 e. The van der Waals surface area contributed by atoms with E-state index in [1.165, 1.54) is 25.7 Å². The van der Waals surface area contributed by atoms with E-state index in [0.29, 0.717) is 0 Å². The van der Waals surface area contributed by atoms with Gasteiger partial charge in [-0.2, -0.15) is 12.6 Å². The molecule has 1 N–H and O–H groups in total. The first-order valence-corrected chi connectivity index (χ1v) is 4.30. The minimum atomic E-state index is 1.04. The highest BCUT2D eigenvalue weighted by Gasteiger charge is 1.85. The third kappa shape index (κ3) is 8.31. The number of thiol groups is 1. The van der Waals surface area contributed by atoms with Crippen LogP contribution < -0.4 is 5.32 Å². The summed E-state index contributed by atoms with van der Waals surface area (Å²) in [5.41, 5.74) is 0. The smallest absolute Gasteiger partial charge is 0.00519 e. The summed E-state index contributed by atoms with van der Waals surface area (Å²) >= 11 is 4.13. The predicted molar refractivity (Wildman–Crippen MR) is 46.2 cm³/mol. The van der Waals surface area contributed by atoms with Crippen molar-refractivity contribution in [2.75, 3.05) is 19.3 Å². The molecular weight excluding hydrogens is 130 g/mol. The summed E-state index contributed by atoms with van der Waals surface area (Å²) in [5, 5.41) is 3.13. The molecule has 0 aliphatic rings. The molecule has 0 bridgehead atoms. The van der Waals surface area contributed by atoms with Crippen molar-refractivity contribution in [3.63, 3.8) is 0 Å². The summed E-state index contributed by atoms with van der Waals surface area (Å²) in [4.78, 5) is 0. The van der Waals surface area contributed by atoms with Crippen LogP contribution >= 0.6 is 12.6 Å². The maximum Gasteiger partial charge on any atom is -0.00519 e. The predicted octanol–water partition coefficient (Wildman–Crippen LogP) is 1.70. The molecule has 0 radical (unpaired) electrons. The fourth-order valence-corrected chi connectivity index (χ4v) is 0.991. The first-order chi connectivity index (χ1) is 4.41. The van der Waals surface area contributed by atoms with Gasteiger partial charge in [-0.05, 0) is 32.2 Å². The fourth-order valence-electron chi connectivity index (χ4n) is 0.767. The molecule has 0 aliphatic carbocycles. The Hall–Kier alpha value is 0.310. The minimum Gasteiger partial charge on any atom is -0.320 e. The van der Waals surface area contributed by atoms with Crippen molar-refractivity contribution in [3.8, 4) is 0 Å². The van der Waals surface area contributed by atoms with Gasteiger partial charge in [-0.3, -0.25) is 0 Å². The van der Waals surface area contributed by atoms with E-state index in [-0.39, 0.29) is 0 Å². The van der Waals surface area contributed by atoms with Gasteiger partial charge in [0.15, 0.2) is 0 Å².